The van der Waals surface area contributed by atoms with Crippen molar-refractivity contribution in [3.8, 4) is 0 Å². The summed E-state index contributed by atoms with van der Waals surface area (Å²) in [5.41, 5.74) is 6.41. The molecule has 0 aliphatic carbocycles. The second-order valence-corrected chi connectivity index (χ2v) is 6.47. The minimum atomic E-state index is -0.355. The van der Waals surface area contributed by atoms with Gasteiger partial charge in [-0.25, -0.2) is 0 Å². The SMILES string of the molecule is CC(N)CCCC(=O)NC(C)(C)c1ccc(Br)cc1. The van der Waals surface area contributed by atoms with Crippen LogP contribution in [0.3, 0.4) is 0 Å². The van der Waals surface area contributed by atoms with Crippen LogP contribution < -0.4 is 11.1 Å². The lowest BCUT2D eigenvalue weighted by Crippen LogP contribution is -2.40. The van der Waals surface area contributed by atoms with E-state index in [1.54, 1.807) is 0 Å². The Labute approximate surface area is 124 Å². The molecule has 0 saturated heterocycles. The summed E-state index contributed by atoms with van der Waals surface area (Å²) in [5.74, 6) is 0.0774. The number of carbonyl (C=O) groups is 1. The highest BCUT2D eigenvalue weighted by atomic mass is 79.9. The molecule has 1 unspecified atom stereocenters. The van der Waals surface area contributed by atoms with Crippen LogP contribution in [-0.2, 0) is 10.3 Å². The van der Waals surface area contributed by atoms with Crippen LogP contribution in [-0.4, -0.2) is 11.9 Å². The lowest BCUT2D eigenvalue weighted by atomic mass is 9.94. The number of benzene rings is 1. The predicted octanol–water partition coefficient (Wildman–Crippen LogP) is 3.32. The summed E-state index contributed by atoms with van der Waals surface area (Å²) < 4.78 is 1.04. The zero-order valence-electron chi connectivity index (χ0n) is 11.9. The van der Waals surface area contributed by atoms with Crippen molar-refractivity contribution in [2.24, 2.45) is 5.73 Å². The van der Waals surface area contributed by atoms with E-state index in [0.717, 1.165) is 22.9 Å². The molecular weight excluding hydrogens is 304 g/mol. The summed E-state index contributed by atoms with van der Waals surface area (Å²) in [6, 6.07) is 8.17. The highest BCUT2D eigenvalue weighted by molar-refractivity contribution is 9.10. The summed E-state index contributed by atoms with van der Waals surface area (Å²) in [4.78, 5) is 11.9. The van der Waals surface area contributed by atoms with Crippen molar-refractivity contribution in [1.82, 2.24) is 5.32 Å². The molecule has 19 heavy (non-hydrogen) atoms. The lowest BCUT2D eigenvalue weighted by Gasteiger charge is -2.27. The van der Waals surface area contributed by atoms with Gasteiger partial charge in [-0.1, -0.05) is 28.1 Å². The molecule has 3 nitrogen and oxygen atoms in total. The Bertz CT molecular complexity index is 413. The number of nitrogens with two attached hydrogens (primary N) is 1. The molecule has 1 amide bonds. The molecule has 1 rings (SSSR count). The molecule has 0 aliphatic rings. The fraction of sp³-hybridized carbons (Fsp3) is 0.533. The Balaban J connectivity index is 2.54. The fourth-order valence-electron chi connectivity index (χ4n) is 1.93. The van der Waals surface area contributed by atoms with Gasteiger partial charge in [-0.2, -0.15) is 0 Å². The average Bonchev–Trinajstić information content (AvgIpc) is 2.28. The first-order valence-corrected chi connectivity index (χ1v) is 7.43. The molecule has 0 aromatic heterocycles. The van der Waals surface area contributed by atoms with E-state index in [4.69, 9.17) is 5.73 Å². The summed E-state index contributed by atoms with van der Waals surface area (Å²) in [6.07, 6.45) is 2.24. The van der Waals surface area contributed by atoms with Crippen molar-refractivity contribution in [1.29, 1.82) is 0 Å². The number of rotatable bonds is 6. The van der Waals surface area contributed by atoms with Crippen molar-refractivity contribution >= 4 is 21.8 Å². The van der Waals surface area contributed by atoms with E-state index >= 15 is 0 Å². The molecule has 0 heterocycles. The number of amides is 1. The molecule has 3 N–H and O–H groups in total. The van der Waals surface area contributed by atoms with Crippen molar-refractivity contribution in [3.63, 3.8) is 0 Å². The number of hydrogen-bond donors (Lipinski definition) is 2. The molecule has 0 saturated carbocycles. The van der Waals surface area contributed by atoms with Crippen molar-refractivity contribution < 1.29 is 4.79 Å². The highest BCUT2D eigenvalue weighted by Crippen LogP contribution is 2.22. The predicted molar refractivity (Wildman–Crippen MR) is 82.8 cm³/mol. The van der Waals surface area contributed by atoms with E-state index in [0.29, 0.717) is 6.42 Å². The largest absolute Gasteiger partial charge is 0.347 e. The van der Waals surface area contributed by atoms with E-state index in [2.05, 4.69) is 21.2 Å². The number of halogens is 1. The number of nitrogens with one attached hydrogen (secondary N) is 1. The maximum Gasteiger partial charge on any atom is 0.220 e. The topological polar surface area (TPSA) is 55.1 Å². The van der Waals surface area contributed by atoms with Crippen LogP contribution in [0.5, 0.6) is 0 Å². The maximum absolute atomic E-state index is 11.9. The van der Waals surface area contributed by atoms with E-state index in [1.165, 1.54) is 0 Å². The van der Waals surface area contributed by atoms with Crippen LogP contribution >= 0.6 is 15.9 Å². The normalized spacial score (nSPS) is 13.1. The molecule has 0 spiro atoms. The van der Waals surface area contributed by atoms with Gasteiger partial charge in [0.1, 0.15) is 0 Å². The van der Waals surface area contributed by atoms with Gasteiger partial charge in [0.15, 0.2) is 0 Å². The van der Waals surface area contributed by atoms with Crippen LogP contribution in [0.1, 0.15) is 45.6 Å². The number of hydrogen-bond acceptors (Lipinski definition) is 2. The lowest BCUT2D eigenvalue weighted by molar-refractivity contribution is -0.122. The zero-order valence-corrected chi connectivity index (χ0v) is 13.5. The van der Waals surface area contributed by atoms with E-state index in [-0.39, 0.29) is 17.5 Å². The third-order valence-electron chi connectivity index (χ3n) is 3.08. The molecule has 0 bridgehead atoms. The van der Waals surface area contributed by atoms with Crippen molar-refractivity contribution in [3.05, 3.63) is 34.3 Å². The Morgan fingerprint density at radius 1 is 1.37 bits per heavy atom. The van der Waals surface area contributed by atoms with Crippen LogP contribution in [0.2, 0.25) is 0 Å². The smallest absolute Gasteiger partial charge is 0.220 e. The van der Waals surface area contributed by atoms with Gasteiger partial charge in [0.05, 0.1) is 5.54 Å². The van der Waals surface area contributed by atoms with Gasteiger partial charge in [0.25, 0.3) is 0 Å². The molecule has 106 valence electrons. The molecule has 1 aromatic rings. The second-order valence-electron chi connectivity index (χ2n) is 5.55. The van der Waals surface area contributed by atoms with E-state index < -0.39 is 0 Å². The Kier molecular flexibility index (Phi) is 6.01. The quantitative estimate of drug-likeness (QED) is 0.842. The minimum Gasteiger partial charge on any atom is -0.347 e. The summed E-state index contributed by atoms with van der Waals surface area (Å²) in [7, 11) is 0. The van der Waals surface area contributed by atoms with Gasteiger partial charge in [0.2, 0.25) is 5.91 Å². The van der Waals surface area contributed by atoms with Gasteiger partial charge >= 0.3 is 0 Å². The maximum atomic E-state index is 11.9. The van der Waals surface area contributed by atoms with Gasteiger partial charge < -0.3 is 11.1 Å². The summed E-state index contributed by atoms with van der Waals surface area (Å²) in [5, 5.41) is 3.07. The Morgan fingerprint density at radius 3 is 2.47 bits per heavy atom. The van der Waals surface area contributed by atoms with Crippen LogP contribution in [0.4, 0.5) is 0 Å². The third-order valence-corrected chi connectivity index (χ3v) is 3.61. The molecule has 0 radical (unpaired) electrons. The van der Waals surface area contributed by atoms with Gasteiger partial charge in [-0.05, 0) is 51.3 Å². The Morgan fingerprint density at radius 2 is 1.95 bits per heavy atom. The zero-order chi connectivity index (χ0) is 14.5. The first kappa shape index (κ1) is 16.2. The molecule has 1 atom stereocenters. The summed E-state index contributed by atoms with van der Waals surface area (Å²) in [6.45, 7) is 5.99. The average molecular weight is 327 g/mol. The molecule has 0 aliphatic heterocycles. The molecular formula is C15H23BrN2O. The number of carbonyl (C=O) groups excluding carboxylic acids is 1. The molecule has 4 heteroatoms. The first-order valence-electron chi connectivity index (χ1n) is 6.64. The first-order chi connectivity index (χ1) is 8.81. The standard InChI is InChI=1S/C15H23BrN2O/c1-11(17)5-4-6-14(19)18-15(2,3)12-7-9-13(16)10-8-12/h7-11H,4-6,17H2,1-3H3,(H,18,19). The van der Waals surface area contributed by atoms with Gasteiger partial charge in [0, 0.05) is 16.9 Å². The molecule has 1 aromatic carbocycles. The van der Waals surface area contributed by atoms with Crippen LogP contribution in [0.15, 0.2) is 28.7 Å². The third kappa shape index (κ3) is 5.74. The van der Waals surface area contributed by atoms with E-state index in [1.807, 2.05) is 45.0 Å². The summed E-state index contributed by atoms with van der Waals surface area (Å²) >= 11 is 3.41. The Hall–Kier alpha value is -0.870. The van der Waals surface area contributed by atoms with Crippen molar-refractivity contribution in [2.45, 2.75) is 51.6 Å². The van der Waals surface area contributed by atoms with E-state index in [9.17, 15) is 4.79 Å². The van der Waals surface area contributed by atoms with Crippen molar-refractivity contribution in [2.75, 3.05) is 0 Å². The second kappa shape index (κ2) is 7.06. The van der Waals surface area contributed by atoms with Crippen LogP contribution in [0, 0.1) is 0 Å². The van der Waals surface area contributed by atoms with Gasteiger partial charge in [-0.15, -0.1) is 0 Å². The minimum absolute atomic E-state index is 0.0774. The monoisotopic (exact) mass is 326 g/mol. The highest BCUT2D eigenvalue weighted by Gasteiger charge is 2.22. The molecule has 0 fully saturated rings. The van der Waals surface area contributed by atoms with Crippen LogP contribution in [0.25, 0.3) is 0 Å². The fourth-order valence-corrected chi connectivity index (χ4v) is 2.20. The van der Waals surface area contributed by atoms with Gasteiger partial charge in [-0.3, -0.25) is 4.79 Å².